The third kappa shape index (κ3) is 3.28. The van der Waals surface area contributed by atoms with E-state index in [0.717, 1.165) is 0 Å². The van der Waals surface area contributed by atoms with Gasteiger partial charge in [-0.25, -0.2) is 0 Å². The van der Waals surface area contributed by atoms with E-state index in [-0.39, 0.29) is 17.7 Å². The van der Waals surface area contributed by atoms with Crippen molar-refractivity contribution in [2.75, 3.05) is 16.4 Å². The first-order valence-electron chi connectivity index (χ1n) is 5.41. The number of nitrogen functional groups attached to an aromatic ring is 1. The van der Waals surface area contributed by atoms with Crippen molar-refractivity contribution >= 4 is 29.1 Å². The number of benzene rings is 1. The molecule has 0 aliphatic carbocycles. The van der Waals surface area contributed by atoms with Gasteiger partial charge in [0, 0.05) is 18.3 Å². The molecule has 0 saturated carbocycles. The van der Waals surface area contributed by atoms with Gasteiger partial charge in [-0.2, -0.15) is 4.98 Å². The summed E-state index contributed by atoms with van der Waals surface area (Å²) in [4.78, 5) is 26.3. The molecule has 2 rings (SSSR count). The molecule has 8 heteroatoms. The van der Waals surface area contributed by atoms with E-state index in [4.69, 9.17) is 5.73 Å². The summed E-state index contributed by atoms with van der Waals surface area (Å²) in [5, 5.41) is 11.2. The van der Waals surface area contributed by atoms with Crippen molar-refractivity contribution < 1.29 is 9.59 Å². The first-order valence-corrected chi connectivity index (χ1v) is 5.41. The maximum atomic E-state index is 11.7. The van der Waals surface area contributed by atoms with Crippen LogP contribution >= 0.6 is 0 Å². The number of nitrogens with zero attached hydrogens (tertiary/aromatic N) is 2. The average molecular weight is 260 g/mol. The predicted octanol–water partition coefficient (Wildman–Crippen LogP) is 0.598. The van der Waals surface area contributed by atoms with E-state index in [1.165, 1.54) is 6.92 Å². The first-order chi connectivity index (χ1) is 9.04. The Morgan fingerprint density at radius 1 is 1.16 bits per heavy atom. The van der Waals surface area contributed by atoms with E-state index >= 15 is 0 Å². The monoisotopic (exact) mass is 260 g/mol. The van der Waals surface area contributed by atoms with Crippen LogP contribution in [0.15, 0.2) is 24.3 Å². The van der Waals surface area contributed by atoms with E-state index in [9.17, 15) is 9.59 Å². The van der Waals surface area contributed by atoms with Gasteiger partial charge < -0.3 is 16.4 Å². The summed E-state index contributed by atoms with van der Waals surface area (Å²) in [6.45, 7) is 1.42. The van der Waals surface area contributed by atoms with Crippen molar-refractivity contribution in [1.29, 1.82) is 0 Å². The second-order valence-corrected chi connectivity index (χ2v) is 3.75. The average Bonchev–Trinajstić information content (AvgIpc) is 2.78. The molecule has 0 fully saturated rings. The summed E-state index contributed by atoms with van der Waals surface area (Å²) < 4.78 is 0. The van der Waals surface area contributed by atoms with Gasteiger partial charge >= 0.3 is 0 Å². The number of nitrogens with two attached hydrogens (primary N) is 1. The number of carbonyl (C=O) groups excluding carboxylic acids is 2. The second kappa shape index (κ2) is 5.17. The number of nitrogens with one attached hydrogen (secondary N) is 3. The van der Waals surface area contributed by atoms with Crippen LogP contribution in [0.1, 0.15) is 17.5 Å². The molecule has 2 aromatic rings. The zero-order valence-electron chi connectivity index (χ0n) is 10.1. The summed E-state index contributed by atoms with van der Waals surface area (Å²) in [7, 11) is 0. The van der Waals surface area contributed by atoms with E-state index in [2.05, 4.69) is 25.8 Å². The predicted molar refractivity (Wildman–Crippen MR) is 69.5 cm³/mol. The second-order valence-electron chi connectivity index (χ2n) is 3.75. The number of aromatic amines is 1. The van der Waals surface area contributed by atoms with E-state index in [1.807, 2.05) is 0 Å². The zero-order valence-corrected chi connectivity index (χ0v) is 10.1. The van der Waals surface area contributed by atoms with Crippen molar-refractivity contribution in [2.24, 2.45) is 0 Å². The Morgan fingerprint density at radius 2 is 1.74 bits per heavy atom. The molecule has 1 heterocycles. The number of aromatic nitrogens is 3. The van der Waals surface area contributed by atoms with Crippen LogP contribution in [-0.2, 0) is 4.79 Å². The number of anilines is 3. The first kappa shape index (κ1) is 12.6. The van der Waals surface area contributed by atoms with Gasteiger partial charge in [-0.05, 0) is 24.3 Å². The van der Waals surface area contributed by atoms with Crippen molar-refractivity contribution in [2.45, 2.75) is 6.92 Å². The minimum atomic E-state index is -0.448. The van der Waals surface area contributed by atoms with E-state index in [0.29, 0.717) is 11.4 Å². The minimum absolute atomic E-state index is 0.00570. The molecular formula is C11H12N6O2. The standard InChI is InChI=1S/C11H12N6O2/c1-6(18)13-7-2-4-8(5-3-7)14-10(19)9-15-11(12)17-16-9/h2-5H,1H3,(H,13,18)(H,14,19)(H3,12,15,16,17). The number of hydrogen-bond acceptors (Lipinski definition) is 5. The van der Waals surface area contributed by atoms with Crippen LogP contribution in [-0.4, -0.2) is 27.0 Å². The summed E-state index contributed by atoms with van der Waals surface area (Å²) in [5.41, 5.74) is 6.51. The molecule has 0 atom stereocenters. The van der Waals surface area contributed by atoms with E-state index < -0.39 is 5.91 Å². The third-order valence-electron chi connectivity index (χ3n) is 2.18. The summed E-state index contributed by atoms with van der Waals surface area (Å²) in [6, 6.07) is 6.66. The normalized spacial score (nSPS) is 9.95. The van der Waals surface area contributed by atoms with Gasteiger partial charge in [0.2, 0.25) is 17.7 Å². The van der Waals surface area contributed by atoms with Gasteiger partial charge in [-0.3, -0.25) is 14.7 Å². The minimum Gasteiger partial charge on any atom is -0.366 e. The maximum Gasteiger partial charge on any atom is 0.293 e. The number of carbonyl (C=O) groups is 2. The highest BCUT2D eigenvalue weighted by Gasteiger charge is 2.10. The zero-order chi connectivity index (χ0) is 13.8. The Balaban J connectivity index is 2.03. The third-order valence-corrected chi connectivity index (χ3v) is 2.18. The smallest absolute Gasteiger partial charge is 0.293 e. The number of rotatable bonds is 3. The molecule has 1 aromatic carbocycles. The van der Waals surface area contributed by atoms with Crippen LogP contribution in [0.2, 0.25) is 0 Å². The lowest BCUT2D eigenvalue weighted by atomic mass is 10.2. The molecule has 1 aromatic heterocycles. The van der Waals surface area contributed by atoms with Crippen molar-refractivity contribution in [3.8, 4) is 0 Å². The Hall–Kier alpha value is -2.90. The lowest BCUT2D eigenvalue weighted by Gasteiger charge is -2.05. The van der Waals surface area contributed by atoms with Crippen molar-refractivity contribution in [3.63, 3.8) is 0 Å². The van der Waals surface area contributed by atoms with Crippen LogP contribution in [0.5, 0.6) is 0 Å². The Morgan fingerprint density at radius 3 is 2.21 bits per heavy atom. The van der Waals surface area contributed by atoms with E-state index in [1.54, 1.807) is 24.3 Å². The van der Waals surface area contributed by atoms with Gasteiger partial charge in [0.1, 0.15) is 0 Å². The number of hydrogen-bond donors (Lipinski definition) is 4. The van der Waals surface area contributed by atoms with Crippen LogP contribution in [0, 0.1) is 0 Å². The molecule has 8 nitrogen and oxygen atoms in total. The van der Waals surface area contributed by atoms with Gasteiger partial charge in [-0.15, -0.1) is 5.10 Å². The fraction of sp³-hybridized carbons (Fsp3) is 0.0909. The molecule has 0 unspecified atom stereocenters. The van der Waals surface area contributed by atoms with Crippen LogP contribution in [0.3, 0.4) is 0 Å². The van der Waals surface area contributed by atoms with Crippen LogP contribution in [0.25, 0.3) is 0 Å². The SMILES string of the molecule is CC(=O)Nc1ccc(NC(=O)c2nc(N)n[nH]2)cc1. The molecule has 0 bridgehead atoms. The molecule has 0 saturated heterocycles. The molecule has 0 spiro atoms. The van der Waals surface area contributed by atoms with Gasteiger partial charge in [0.15, 0.2) is 0 Å². The highest BCUT2D eigenvalue weighted by atomic mass is 16.2. The Kier molecular flexibility index (Phi) is 3.42. The highest BCUT2D eigenvalue weighted by Crippen LogP contribution is 2.14. The topological polar surface area (TPSA) is 126 Å². The van der Waals surface area contributed by atoms with Crippen molar-refractivity contribution in [1.82, 2.24) is 15.2 Å². The quantitative estimate of drug-likeness (QED) is 0.642. The molecule has 5 N–H and O–H groups in total. The largest absolute Gasteiger partial charge is 0.366 e. The molecule has 0 aliphatic rings. The van der Waals surface area contributed by atoms with Gasteiger partial charge in [0.05, 0.1) is 0 Å². The summed E-state index contributed by atoms with van der Waals surface area (Å²) >= 11 is 0. The Bertz CT molecular complexity index is 604. The fourth-order valence-electron chi connectivity index (χ4n) is 1.41. The summed E-state index contributed by atoms with van der Waals surface area (Å²) in [5.74, 6) is -0.569. The summed E-state index contributed by atoms with van der Waals surface area (Å²) in [6.07, 6.45) is 0. The van der Waals surface area contributed by atoms with Gasteiger partial charge in [0.25, 0.3) is 5.91 Å². The molecule has 2 amide bonds. The van der Waals surface area contributed by atoms with Crippen molar-refractivity contribution in [3.05, 3.63) is 30.1 Å². The molecule has 0 aliphatic heterocycles. The number of H-pyrrole nitrogens is 1. The Labute approximate surface area is 108 Å². The lowest BCUT2D eigenvalue weighted by Crippen LogP contribution is -2.14. The molecular weight excluding hydrogens is 248 g/mol. The van der Waals surface area contributed by atoms with Gasteiger partial charge in [-0.1, -0.05) is 0 Å². The maximum absolute atomic E-state index is 11.7. The molecule has 0 radical (unpaired) electrons. The van der Waals surface area contributed by atoms with Crippen LogP contribution in [0.4, 0.5) is 17.3 Å². The molecule has 98 valence electrons. The van der Waals surface area contributed by atoms with Crippen LogP contribution < -0.4 is 16.4 Å². The number of amides is 2. The molecule has 19 heavy (non-hydrogen) atoms. The highest BCUT2D eigenvalue weighted by molar-refractivity contribution is 6.01. The fourth-order valence-corrected chi connectivity index (χ4v) is 1.41. The lowest BCUT2D eigenvalue weighted by molar-refractivity contribution is -0.114.